The van der Waals surface area contributed by atoms with Gasteiger partial charge in [-0.1, -0.05) is 40.5 Å². The van der Waals surface area contributed by atoms with Gasteiger partial charge in [-0.15, -0.1) is 0 Å². The van der Waals surface area contributed by atoms with Gasteiger partial charge in [-0.2, -0.15) is 0 Å². The largest absolute Gasteiger partial charge is 0.312 e. The molecule has 2 nitrogen and oxygen atoms in total. The summed E-state index contributed by atoms with van der Waals surface area (Å²) in [6, 6.07) is 0.680. The predicted octanol–water partition coefficient (Wildman–Crippen LogP) is 3.03. The monoisotopic (exact) mass is 226 g/mol. The van der Waals surface area contributed by atoms with Crippen LogP contribution in [-0.4, -0.2) is 36.1 Å². The quantitative estimate of drug-likeness (QED) is 0.718. The Morgan fingerprint density at radius 2 is 1.62 bits per heavy atom. The molecule has 0 saturated heterocycles. The Morgan fingerprint density at radius 1 is 1.06 bits per heavy atom. The van der Waals surface area contributed by atoms with Crippen molar-refractivity contribution in [3.63, 3.8) is 0 Å². The van der Waals surface area contributed by atoms with Crippen molar-refractivity contribution in [3.8, 4) is 0 Å². The molecular formula is C14H30N2. The van der Waals surface area contributed by atoms with Crippen LogP contribution >= 0.6 is 0 Å². The minimum Gasteiger partial charge on any atom is -0.312 e. The van der Waals surface area contributed by atoms with Gasteiger partial charge in [0.05, 0.1) is 0 Å². The van der Waals surface area contributed by atoms with E-state index >= 15 is 0 Å². The maximum Gasteiger partial charge on any atom is 0.0362 e. The van der Waals surface area contributed by atoms with Gasteiger partial charge in [-0.05, 0) is 38.9 Å². The Morgan fingerprint density at radius 3 is 2.00 bits per heavy atom. The molecule has 1 rings (SSSR count). The lowest BCUT2D eigenvalue weighted by Crippen LogP contribution is -2.59. The SMILES string of the molecule is CCNC(CC)C1(N(CC)CC)CCCC1. The van der Waals surface area contributed by atoms with Crippen molar-refractivity contribution >= 4 is 0 Å². The summed E-state index contributed by atoms with van der Waals surface area (Å²) in [7, 11) is 0. The molecule has 0 aromatic heterocycles. The first-order valence-corrected chi connectivity index (χ1v) is 7.23. The smallest absolute Gasteiger partial charge is 0.0362 e. The molecule has 1 saturated carbocycles. The van der Waals surface area contributed by atoms with Crippen LogP contribution < -0.4 is 5.32 Å². The molecule has 0 bridgehead atoms. The number of rotatable bonds is 7. The lowest BCUT2D eigenvalue weighted by molar-refractivity contribution is 0.0621. The number of hydrogen-bond donors (Lipinski definition) is 1. The molecule has 0 aromatic carbocycles. The van der Waals surface area contributed by atoms with Crippen LogP contribution in [0, 0.1) is 0 Å². The molecular weight excluding hydrogens is 196 g/mol. The van der Waals surface area contributed by atoms with E-state index in [4.69, 9.17) is 0 Å². The van der Waals surface area contributed by atoms with Crippen LogP contribution in [-0.2, 0) is 0 Å². The van der Waals surface area contributed by atoms with Crippen molar-refractivity contribution in [2.24, 2.45) is 0 Å². The van der Waals surface area contributed by atoms with Gasteiger partial charge in [0.2, 0.25) is 0 Å². The Balaban J connectivity index is 2.84. The fourth-order valence-electron chi connectivity index (χ4n) is 3.69. The molecule has 1 atom stereocenters. The van der Waals surface area contributed by atoms with E-state index in [0.717, 1.165) is 6.54 Å². The minimum atomic E-state index is 0.453. The zero-order valence-electron chi connectivity index (χ0n) is 11.7. The lowest BCUT2D eigenvalue weighted by atomic mass is 9.84. The van der Waals surface area contributed by atoms with E-state index in [-0.39, 0.29) is 0 Å². The first kappa shape index (κ1) is 14.0. The van der Waals surface area contributed by atoms with Crippen LogP contribution in [0.5, 0.6) is 0 Å². The van der Waals surface area contributed by atoms with Crippen molar-refractivity contribution in [1.29, 1.82) is 0 Å². The zero-order valence-corrected chi connectivity index (χ0v) is 11.7. The topological polar surface area (TPSA) is 15.3 Å². The van der Waals surface area contributed by atoms with E-state index < -0.39 is 0 Å². The van der Waals surface area contributed by atoms with Gasteiger partial charge in [0.1, 0.15) is 0 Å². The molecule has 0 amide bonds. The first-order valence-electron chi connectivity index (χ1n) is 7.23. The number of nitrogens with zero attached hydrogens (tertiary/aromatic N) is 1. The molecule has 1 unspecified atom stereocenters. The summed E-state index contributed by atoms with van der Waals surface area (Å²) in [5.41, 5.74) is 0.453. The third-order valence-electron chi connectivity index (χ3n) is 4.37. The van der Waals surface area contributed by atoms with Gasteiger partial charge < -0.3 is 5.32 Å². The van der Waals surface area contributed by atoms with Crippen LogP contribution in [0.25, 0.3) is 0 Å². The fourth-order valence-corrected chi connectivity index (χ4v) is 3.69. The highest BCUT2D eigenvalue weighted by molar-refractivity contribution is 5.02. The lowest BCUT2D eigenvalue weighted by Gasteiger charge is -2.46. The second-order valence-electron chi connectivity index (χ2n) is 5.00. The summed E-state index contributed by atoms with van der Waals surface area (Å²) in [6.07, 6.45) is 6.86. The molecule has 96 valence electrons. The van der Waals surface area contributed by atoms with E-state index in [1.165, 1.54) is 45.2 Å². The minimum absolute atomic E-state index is 0.453. The average Bonchev–Trinajstić information content (AvgIpc) is 2.78. The number of hydrogen-bond acceptors (Lipinski definition) is 2. The highest BCUT2D eigenvalue weighted by Gasteiger charge is 2.43. The van der Waals surface area contributed by atoms with Crippen LogP contribution in [0.3, 0.4) is 0 Å². The van der Waals surface area contributed by atoms with E-state index in [2.05, 4.69) is 37.9 Å². The molecule has 1 fully saturated rings. The highest BCUT2D eigenvalue weighted by atomic mass is 15.2. The van der Waals surface area contributed by atoms with Gasteiger partial charge in [-0.25, -0.2) is 0 Å². The van der Waals surface area contributed by atoms with Crippen molar-refractivity contribution < 1.29 is 0 Å². The summed E-state index contributed by atoms with van der Waals surface area (Å²) in [5, 5.41) is 3.72. The van der Waals surface area contributed by atoms with Crippen LogP contribution in [0.4, 0.5) is 0 Å². The summed E-state index contributed by atoms with van der Waals surface area (Å²) in [6.45, 7) is 12.7. The van der Waals surface area contributed by atoms with Crippen molar-refractivity contribution in [2.45, 2.75) is 71.4 Å². The standard InChI is InChI=1S/C14H30N2/c1-5-13(15-6-2)14(11-9-10-12-14)16(7-3)8-4/h13,15H,5-12H2,1-4H3. The third kappa shape index (κ3) is 2.60. The predicted molar refractivity (Wildman–Crippen MR) is 71.9 cm³/mol. The molecule has 0 aliphatic heterocycles. The van der Waals surface area contributed by atoms with Crippen LogP contribution in [0.15, 0.2) is 0 Å². The van der Waals surface area contributed by atoms with Crippen LogP contribution in [0.2, 0.25) is 0 Å². The number of likely N-dealkylation sites (N-methyl/N-ethyl adjacent to an activating group) is 2. The Bertz CT molecular complexity index is 181. The zero-order chi connectivity index (χ0) is 12.0. The molecule has 0 radical (unpaired) electrons. The normalized spacial score (nSPS) is 21.6. The van der Waals surface area contributed by atoms with Crippen molar-refractivity contribution in [3.05, 3.63) is 0 Å². The summed E-state index contributed by atoms with van der Waals surface area (Å²) < 4.78 is 0. The second kappa shape index (κ2) is 6.61. The molecule has 2 heteroatoms. The van der Waals surface area contributed by atoms with Crippen LogP contribution in [0.1, 0.15) is 59.8 Å². The fraction of sp³-hybridized carbons (Fsp3) is 1.00. The van der Waals surface area contributed by atoms with Gasteiger partial charge in [0.15, 0.2) is 0 Å². The summed E-state index contributed by atoms with van der Waals surface area (Å²) in [4.78, 5) is 2.71. The average molecular weight is 226 g/mol. The molecule has 1 aliphatic rings. The van der Waals surface area contributed by atoms with E-state index in [0.29, 0.717) is 11.6 Å². The second-order valence-corrected chi connectivity index (χ2v) is 5.00. The maximum atomic E-state index is 3.72. The highest BCUT2D eigenvalue weighted by Crippen LogP contribution is 2.39. The molecule has 0 aromatic rings. The Labute approximate surface area is 102 Å². The van der Waals surface area contributed by atoms with E-state index in [9.17, 15) is 0 Å². The summed E-state index contributed by atoms with van der Waals surface area (Å²) in [5.74, 6) is 0. The van der Waals surface area contributed by atoms with Gasteiger partial charge in [-0.3, -0.25) is 4.90 Å². The molecule has 0 spiro atoms. The summed E-state index contributed by atoms with van der Waals surface area (Å²) >= 11 is 0. The van der Waals surface area contributed by atoms with Gasteiger partial charge >= 0.3 is 0 Å². The molecule has 0 heterocycles. The van der Waals surface area contributed by atoms with Crippen molar-refractivity contribution in [2.75, 3.05) is 19.6 Å². The van der Waals surface area contributed by atoms with Crippen molar-refractivity contribution in [1.82, 2.24) is 10.2 Å². The molecule has 1 N–H and O–H groups in total. The number of nitrogens with one attached hydrogen (secondary N) is 1. The van der Waals surface area contributed by atoms with E-state index in [1.807, 2.05) is 0 Å². The third-order valence-corrected chi connectivity index (χ3v) is 4.37. The maximum absolute atomic E-state index is 3.72. The Kier molecular flexibility index (Phi) is 5.77. The Hall–Kier alpha value is -0.0800. The first-order chi connectivity index (χ1) is 7.75. The molecule has 1 aliphatic carbocycles. The van der Waals surface area contributed by atoms with Gasteiger partial charge in [0.25, 0.3) is 0 Å². The van der Waals surface area contributed by atoms with E-state index in [1.54, 1.807) is 0 Å². The van der Waals surface area contributed by atoms with Gasteiger partial charge in [0, 0.05) is 11.6 Å². The molecule has 16 heavy (non-hydrogen) atoms.